The molecule has 2 aromatic heterocycles. The van der Waals surface area contributed by atoms with Gasteiger partial charge in [0.25, 0.3) is 0 Å². The van der Waals surface area contributed by atoms with Crippen LogP contribution in [0.25, 0.3) is 16.8 Å². The summed E-state index contributed by atoms with van der Waals surface area (Å²) in [6, 6.07) is 9.84. The minimum atomic E-state index is -1.09. The monoisotopic (exact) mass is 270 g/mol. The number of hydrogen-bond donors (Lipinski definition) is 2. The zero-order chi connectivity index (χ0) is 14.1. The largest absolute Gasteiger partial charge is 0.477 e. The summed E-state index contributed by atoms with van der Waals surface area (Å²) in [5, 5.41) is 9.26. The van der Waals surface area contributed by atoms with Gasteiger partial charge in [0.2, 0.25) is 0 Å². The number of carboxylic acids is 1. The van der Waals surface area contributed by atoms with Crippen molar-refractivity contribution in [2.45, 2.75) is 0 Å². The predicted molar refractivity (Wildman–Crippen MR) is 72.5 cm³/mol. The van der Waals surface area contributed by atoms with Crippen molar-refractivity contribution in [3.8, 4) is 16.8 Å². The number of aromatic carboxylic acids is 1. The molecule has 3 aromatic rings. The molecule has 5 heteroatoms. The fourth-order valence-electron chi connectivity index (χ4n) is 2.22. The van der Waals surface area contributed by atoms with Gasteiger partial charge >= 0.3 is 5.97 Å². The quantitative estimate of drug-likeness (QED) is 0.767. The third kappa shape index (κ3) is 1.89. The number of benzene rings is 1. The van der Waals surface area contributed by atoms with Crippen LogP contribution in [0.15, 0.2) is 55.0 Å². The molecule has 0 radical (unpaired) electrons. The minimum Gasteiger partial charge on any atom is -0.477 e. The van der Waals surface area contributed by atoms with Crippen molar-refractivity contribution in [1.29, 1.82) is 0 Å². The van der Waals surface area contributed by atoms with Crippen molar-refractivity contribution in [3.05, 3.63) is 66.5 Å². The number of carboxylic acid groups (broad SMARTS) is 1. The molecule has 0 bridgehead atoms. The van der Waals surface area contributed by atoms with E-state index in [0.717, 1.165) is 0 Å². The fraction of sp³-hybridized carbons (Fsp3) is 0. The van der Waals surface area contributed by atoms with Crippen molar-refractivity contribution in [3.63, 3.8) is 0 Å². The van der Waals surface area contributed by atoms with Gasteiger partial charge in [-0.1, -0.05) is 18.2 Å². The summed E-state index contributed by atoms with van der Waals surface area (Å²) in [5.41, 5.74) is 1.32. The van der Waals surface area contributed by atoms with Crippen LogP contribution in [0, 0.1) is 5.82 Å². The lowest BCUT2D eigenvalue weighted by atomic mass is 10.1. The Hall–Kier alpha value is -2.82. The number of aromatic amines is 1. The number of nitrogens with zero attached hydrogens (tertiary/aromatic N) is 1. The van der Waals surface area contributed by atoms with Crippen molar-refractivity contribution >= 4 is 5.97 Å². The maximum absolute atomic E-state index is 13.9. The number of H-pyrrole nitrogens is 1. The number of halogens is 1. The van der Waals surface area contributed by atoms with Crippen molar-refractivity contribution in [2.24, 2.45) is 0 Å². The molecule has 0 saturated carbocycles. The van der Waals surface area contributed by atoms with E-state index in [1.165, 1.54) is 12.3 Å². The van der Waals surface area contributed by atoms with Gasteiger partial charge in [-0.2, -0.15) is 0 Å². The van der Waals surface area contributed by atoms with Gasteiger partial charge in [-0.15, -0.1) is 0 Å². The molecule has 4 nitrogen and oxygen atoms in total. The SMILES string of the molecule is O=C(O)c1[nH]cc(-c2ccccc2F)c1-n1cccc1. The molecule has 20 heavy (non-hydrogen) atoms. The Morgan fingerprint density at radius 3 is 2.45 bits per heavy atom. The van der Waals surface area contributed by atoms with E-state index < -0.39 is 11.8 Å². The molecule has 100 valence electrons. The Balaban J connectivity index is 2.28. The van der Waals surface area contributed by atoms with E-state index in [1.807, 2.05) is 0 Å². The highest BCUT2D eigenvalue weighted by molar-refractivity contribution is 5.94. The number of rotatable bonds is 3. The minimum absolute atomic E-state index is 0.0273. The lowest BCUT2D eigenvalue weighted by Crippen LogP contribution is -2.03. The number of nitrogens with one attached hydrogen (secondary N) is 1. The molecule has 0 amide bonds. The molecule has 0 saturated heterocycles. The molecule has 0 fully saturated rings. The maximum atomic E-state index is 13.9. The Labute approximate surface area is 114 Å². The van der Waals surface area contributed by atoms with Gasteiger partial charge in [0, 0.05) is 29.7 Å². The topological polar surface area (TPSA) is 58.0 Å². The summed E-state index contributed by atoms with van der Waals surface area (Å²) in [7, 11) is 0. The van der Waals surface area contributed by atoms with Crippen LogP contribution in [0.1, 0.15) is 10.5 Å². The normalized spacial score (nSPS) is 10.7. The summed E-state index contributed by atoms with van der Waals surface area (Å²) >= 11 is 0. The first-order valence-electron chi connectivity index (χ1n) is 6.01. The molecule has 0 aliphatic carbocycles. The Bertz CT molecular complexity index is 760. The Morgan fingerprint density at radius 1 is 1.10 bits per heavy atom. The van der Waals surface area contributed by atoms with Crippen LogP contribution in [0.5, 0.6) is 0 Å². The van der Waals surface area contributed by atoms with E-state index >= 15 is 0 Å². The molecule has 2 N–H and O–H groups in total. The first-order valence-corrected chi connectivity index (χ1v) is 6.01. The average molecular weight is 270 g/mol. The van der Waals surface area contributed by atoms with Gasteiger partial charge < -0.3 is 14.7 Å². The molecule has 2 heterocycles. The van der Waals surface area contributed by atoms with Crippen LogP contribution < -0.4 is 0 Å². The molecule has 0 aliphatic heterocycles. The van der Waals surface area contributed by atoms with Crippen molar-refractivity contribution in [1.82, 2.24) is 9.55 Å². The van der Waals surface area contributed by atoms with E-state index in [2.05, 4.69) is 4.98 Å². The lowest BCUT2D eigenvalue weighted by molar-refractivity contribution is 0.0691. The predicted octanol–water partition coefficient (Wildman–Crippen LogP) is 3.31. The second-order valence-electron chi connectivity index (χ2n) is 4.30. The summed E-state index contributed by atoms with van der Waals surface area (Å²) < 4.78 is 15.6. The summed E-state index contributed by atoms with van der Waals surface area (Å²) in [6.45, 7) is 0. The van der Waals surface area contributed by atoms with Crippen LogP contribution in [0.4, 0.5) is 4.39 Å². The van der Waals surface area contributed by atoms with E-state index in [0.29, 0.717) is 16.8 Å². The van der Waals surface area contributed by atoms with Crippen LogP contribution in [0.2, 0.25) is 0 Å². The first kappa shape index (κ1) is 12.2. The van der Waals surface area contributed by atoms with Gasteiger partial charge in [-0.25, -0.2) is 9.18 Å². The Kier molecular flexibility index (Phi) is 2.87. The van der Waals surface area contributed by atoms with Gasteiger partial charge in [-0.3, -0.25) is 0 Å². The molecule has 3 rings (SSSR count). The zero-order valence-electron chi connectivity index (χ0n) is 10.4. The summed E-state index contributed by atoms with van der Waals surface area (Å²) in [5.74, 6) is -1.48. The molecule has 0 unspecified atom stereocenters. The van der Waals surface area contributed by atoms with E-state index in [1.54, 1.807) is 47.3 Å². The number of aromatic nitrogens is 2. The third-order valence-electron chi connectivity index (χ3n) is 3.09. The van der Waals surface area contributed by atoms with E-state index in [9.17, 15) is 14.3 Å². The van der Waals surface area contributed by atoms with E-state index in [-0.39, 0.29) is 5.69 Å². The highest BCUT2D eigenvalue weighted by Gasteiger charge is 2.20. The van der Waals surface area contributed by atoms with Crippen LogP contribution >= 0.6 is 0 Å². The highest BCUT2D eigenvalue weighted by atomic mass is 19.1. The number of carbonyl (C=O) groups is 1. The maximum Gasteiger partial charge on any atom is 0.354 e. The van der Waals surface area contributed by atoms with Gasteiger partial charge in [0.05, 0.1) is 5.69 Å². The van der Waals surface area contributed by atoms with Crippen molar-refractivity contribution in [2.75, 3.05) is 0 Å². The van der Waals surface area contributed by atoms with Crippen molar-refractivity contribution < 1.29 is 14.3 Å². The molecule has 0 atom stereocenters. The second-order valence-corrected chi connectivity index (χ2v) is 4.30. The highest BCUT2D eigenvalue weighted by Crippen LogP contribution is 2.31. The summed E-state index contributed by atoms with van der Waals surface area (Å²) in [6.07, 6.45) is 4.96. The molecule has 1 aromatic carbocycles. The molecular weight excluding hydrogens is 259 g/mol. The average Bonchev–Trinajstić information content (AvgIpc) is 3.07. The first-order chi connectivity index (χ1) is 9.68. The van der Waals surface area contributed by atoms with Gasteiger partial charge in [0.1, 0.15) is 11.5 Å². The standard InChI is InChI=1S/C15H11FN2O2/c16-12-6-2-1-5-10(12)11-9-17-13(15(19)20)14(11)18-7-3-4-8-18/h1-9,17H,(H,19,20). The number of hydrogen-bond acceptors (Lipinski definition) is 1. The smallest absolute Gasteiger partial charge is 0.354 e. The molecule has 0 spiro atoms. The van der Waals surface area contributed by atoms with Gasteiger partial charge in [0.15, 0.2) is 0 Å². The third-order valence-corrected chi connectivity index (χ3v) is 3.09. The fourth-order valence-corrected chi connectivity index (χ4v) is 2.22. The Morgan fingerprint density at radius 2 is 1.80 bits per heavy atom. The molecule has 0 aliphatic rings. The van der Waals surface area contributed by atoms with Crippen LogP contribution in [-0.4, -0.2) is 20.6 Å². The van der Waals surface area contributed by atoms with Crippen LogP contribution in [0.3, 0.4) is 0 Å². The van der Waals surface area contributed by atoms with Gasteiger partial charge in [-0.05, 0) is 18.2 Å². The summed E-state index contributed by atoms with van der Waals surface area (Å²) in [4.78, 5) is 14.0. The zero-order valence-corrected chi connectivity index (χ0v) is 10.4. The lowest BCUT2D eigenvalue weighted by Gasteiger charge is -2.08. The molecular formula is C15H11FN2O2. The second kappa shape index (κ2) is 4.70. The van der Waals surface area contributed by atoms with E-state index in [4.69, 9.17) is 0 Å². The van der Waals surface area contributed by atoms with Crippen LogP contribution in [-0.2, 0) is 0 Å².